The van der Waals surface area contributed by atoms with Crippen LogP contribution in [0.4, 0.5) is 0 Å². The molecule has 0 amide bonds. The molecule has 0 radical (unpaired) electrons. The van der Waals surface area contributed by atoms with Gasteiger partial charge in [-0.2, -0.15) is 0 Å². The highest BCUT2D eigenvalue weighted by Gasteiger charge is 2.31. The van der Waals surface area contributed by atoms with Crippen LogP contribution in [-0.2, 0) is 0 Å². The van der Waals surface area contributed by atoms with Gasteiger partial charge in [-0.05, 0) is 24.3 Å². The van der Waals surface area contributed by atoms with Gasteiger partial charge in [-0.3, -0.25) is 9.80 Å². The van der Waals surface area contributed by atoms with Gasteiger partial charge in [0.05, 0.1) is 0 Å². The van der Waals surface area contributed by atoms with E-state index in [1.807, 2.05) is 24.3 Å². The van der Waals surface area contributed by atoms with Crippen molar-refractivity contribution in [2.75, 3.05) is 52.4 Å². The van der Waals surface area contributed by atoms with Crippen molar-refractivity contribution in [2.45, 2.75) is 6.04 Å². The van der Waals surface area contributed by atoms with Gasteiger partial charge in [0, 0.05) is 56.9 Å². The fourth-order valence-corrected chi connectivity index (χ4v) is 2.95. The molecule has 4 nitrogen and oxygen atoms in total. The summed E-state index contributed by atoms with van der Waals surface area (Å²) >= 11 is 5.84. The number of hydrogen-bond donors (Lipinski definition) is 1. The van der Waals surface area contributed by atoms with E-state index in [1.165, 1.54) is 26.2 Å². The molecule has 2 heterocycles. The van der Waals surface area contributed by atoms with Crippen LogP contribution >= 0.6 is 11.6 Å². The Kier molecular flexibility index (Phi) is 4.78. The summed E-state index contributed by atoms with van der Waals surface area (Å²) < 4.78 is 5.72. The van der Waals surface area contributed by atoms with Crippen LogP contribution in [-0.4, -0.2) is 68.3 Å². The monoisotopic (exact) mass is 295 g/mol. The zero-order chi connectivity index (χ0) is 13.8. The Morgan fingerprint density at radius 1 is 1.15 bits per heavy atom. The summed E-state index contributed by atoms with van der Waals surface area (Å²) in [4.78, 5) is 5.07. The SMILES string of the molecule is Clc1ccc(OCCN2CC(N3CCNCC3)C2)cc1. The minimum Gasteiger partial charge on any atom is -0.492 e. The Morgan fingerprint density at radius 2 is 1.85 bits per heavy atom. The number of likely N-dealkylation sites (tertiary alicyclic amines) is 1. The maximum absolute atomic E-state index is 5.84. The molecule has 0 aromatic heterocycles. The van der Waals surface area contributed by atoms with E-state index in [2.05, 4.69) is 15.1 Å². The molecule has 2 aliphatic rings. The molecule has 2 aliphatic heterocycles. The molecule has 2 fully saturated rings. The van der Waals surface area contributed by atoms with Crippen molar-refractivity contribution in [2.24, 2.45) is 0 Å². The van der Waals surface area contributed by atoms with Crippen LogP contribution < -0.4 is 10.1 Å². The van der Waals surface area contributed by atoms with Crippen molar-refractivity contribution >= 4 is 11.6 Å². The predicted molar refractivity (Wildman–Crippen MR) is 81.6 cm³/mol. The molecule has 0 bridgehead atoms. The highest BCUT2D eigenvalue weighted by Crippen LogP contribution is 2.17. The van der Waals surface area contributed by atoms with Crippen molar-refractivity contribution in [3.8, 4) is 5.75 Å². The van der Waals surface area contributed by atoms with Gasteiger partial charge < -0.3 is 10.1 Å². The van der Waals surface area contributed by atoms with Gasteiger partial charge in [0.1, 0.15) is 12.4 Å². The molecular formula is C15H22ClN3O. The van der Waals surface area contributed by atoms with Gasteiger partial charge in [-0.15, -0.1) is 0 Å². The average Bonchev–Trinajstić information content (AvgIpc) is 2.44. The third kappa shape index (κ3) is 3.64. The summed E-state index contributed by atoms with van der Waals surface area (Å²) in [5.41, 5.74) is 0. The van der Waals surface area contributed by atoms with E-state index >= 15 is 0 Å². The van der Waals surface area contributed by atoms with Gasteiger partial charge in [0.15, 0.2) is 0 Å². The van der Waals surface area contributed by atoms with Crippen LogP contribution in [0.2, 0.25) is 5.02 Å². The van der Waals surface area contributed by atoms with E-state index in [0.29, 0.717) is 0 Å². The van der Waals surface area contributed by atoms with Crippen LogP contribution in [0.15, 0.2) is 24.3 Å². The second-order valence-corrected chi connectivity index (χ2v) is 5.94. The Balaban J connectivity index is 1.32. The van der Waals surface area contributed by atoms with Crippen LogP contribution in [0.3, 0.4) is 0 Å². The lowest BCUT2D eigenvalue weighted by Crippen LogP contribution is -2.63. The summed E-state index contributed by atoms with van der Waals surface area (Å²) in [6.45, 7) is 8.78. The number of rotatable bonds is 5. The Bertz CT molecular complexity index is 414. The number of nitrogens with zero attached hydrogens (tertiary/aromatic N) is 2. The first-order valence-corrected chi connectivity index (χ1v) is 7.74. The van der Waals surface area contributed by atoms with Gasteiger partial charge in [0.25, 0.3) is 0 Å². The molecular weight excluding hydrogens is 274 g/mol. The van der Waals surface area contributed by atoms with E-state index in [-0.39, 0.29) is 0 Å². The molecule has 1 N–H and O–H groups in total. The molecule has 1 aromatic carbocycles. The molecule has 5 heteroatoms. The topological polar surface area (TPSA) is 27.7 Å². The van der Waals surface area contributed by atoms with Gasteiger partial charge >= 0.3 is 0 Å². The van der Waals surface area contributed by atoms with E-state index in [0.717, 1.165) is 43.1 Å². The Morgan fingerprint density at radius 3 is 2.55 bits per heavy atom. The smallest absolute Gasteiger partial charge is 0.119 e. The Labute approximate surface area is 125 Å². The van der Waals surface area contributed by atoms with Crippen molar-refractivity contribution in [3.63, 3.8) is 0 Å². The van der Waals surface area contributed by atoms with Crippen LogP contribution in [0, 0.1) is 0 Å². The number of piperazine rings is 1. The quantitative estimate of drug-likeness (QED) is 0.886. The lowest BCUT2D eigenvalue weighted by atomic mass is 10.1. The zero-order valence-corrected chi connectivity index (χ0v) is 12.5. The molecule has 20 heavy (non-hydrogen) atoms. The molecule has 0 saturated carbocycles. The molecule has 0 unspecified atom stereocenters. The summed E-state index contributed by atoms with van der Waals surface area (Å²) in [6, 6.07) is 8.32. The minimum absolute atomic E-state index is 0.746. The third-order valence-electron chi connectivity index (χ3n) is 4.10. The summed E-state index contributed by atoms with van der Waals surface area (Å²) in [6.07, 6.45) is 0. The van der Waals surface area contributed by atoms with Crippen LogP contribution in [0.5, 0.6) is 5.75 Å². The predicted octanol–water partition coefficient (Wildman–Crippen LogP) is 1.31. The fourth-order valence-electron chi connectivity index (χ4n) is 2.83. The number of hydrogen-bond acceptors (Lipinski definition) is 4. The van der Waals surface area contributed by atoms with Crippen LogP contribution in [0.25, 0.3) is 0 Å². The highest BCUT2D eigenvalue weighted by atomic mass is 35.5. The molecule has 0 aliphatic carbocycles. The zero-order valence-electron chi connectivity index (χ0n) is 11.7. The summed E-state index contributed by atoms with van der Waals surface area (Å²) in [7, 11) is 0. The maximum Gasteiger partial charge on any atom is 0.119 e. The van der Waals surface area contributed by atoms with E-state index < -0.39 is 0 Å². The molecule has 2 saturated heterocycles. The van der Waals surface area contributed by atoms with Crippen molar-refractivity contribution in [1.82, 2.24) is 15.1 Å². The fraction of sp³-hybridized carbons (Fsp3) is 0.600. The first-order chi connectivity index (χ1) is 9.81. The second kappa shape index (κ2) is 6.76. The van der Waals surface area contributed by atoms with Crippen molar-refractivity contribution < 1.29 is 4.74 Å². The molecule has 0 atom stereocenters. The first kappa shape index (κ1) is 14.1. The largest absolute Gasteiger partial charge is 0.492 e. The standard InChI is InChI=1S/C15H22ClN3O/c16-13-1-3-15(4-2-13)20-10-9-18-11-14(12-18)19-7-5-17-6-8-19/h1-4,14,17H,5-12H2. The normalized spacial score (nSPS) is 21.6. The highest BCUT2D eigenvalue weighted by molar-refractivity contribution is 6.30. The maximum atomic E-state index is 5.84. The summed E-state index contributed by atoms with van der Waals surface area (Å²) in [5, 5.41) is 4.15. The minimum atomic E-state index is 0.746. The van der Waals surface area contributed by atoms with Gasteiger partial charge in [0.2, 0.25) is 0 Å². The van der Waals surface area contributed by atoms with Gasteiger partial charge in [-0.25, -0.2) is 0 Å². The van der Waals surface area contributed by atoms with E-state index in [9.17, 15) is 0 Å². The number of halogens is 1. The van der Waals surface area contributed by atoms with Crippen LogP contribution in [0.1, 0.15) is 0 Å². The lowest BCUT2D eigenvalue weighted by Gasteiger charge is -2.46. The van der Waals surface area contributed by atoms with E-state index in [4.69, 9.17) is 16.3 Å². The molecule has 0 spiro atoms. The molecule has 1 aromatic rings. The summed E-state index contributed by atoms with van der Waals surface area (Å²) in [5.74, 6) is 0.897. The second-order valence-electron chi connectivity index (χ2n) is 5.50. The third-order valence-corrected chi connectivity index (χ3v) is 4.35. The number of benzene rings is 1. The number of nitrogens with one attached hydrogen (secondary N) is 1. The van der Waals surface area contributed by atoms with E-state index in [1.54, 1.807) is 0 Å². The van der Waals surface area contributed by atoms with Gasteiger partial charge in [-0.1, -0.05) is 11.6 Å². The molecule has 110 valence electrons. The first-order valence-electron chi connectivity index (χ1n) is 7.37. The van der Waals surface area contributed by atoms with Crippen molar-refractivity contribution in [3.05, 3.63) is 29.3 Å². The molecule has 3 rings (SSSR count). The lowest BCUT2D eigenvalue weighted by molar-refractivity contribution is 0.0202. The Hall–Kier alpha value is -0.810. The average molecular weight is 296 g/mol. The van der Waals surface area contributed by atoms with Crippen molar-refractivity contribution in [1.29, 1.82) is 0 Å². The number of ether oxygens (including phenoxy) is 1.